The lowest BCUT2D eigenvalue weighted by atomic mass is 9.58. The molecular weight excluding hydrogens is 262 g/mol. The summed E-state index contributed by atoms with van der Waals surface area (Å²) in [6.07, 6.45) is 3.72. The van der Waals surface area contributed by atoms with Crippen LogP contribution in [0.5, 0.6) is 5.75 Å². The van der Waals surface area contributed by atoms with Crippen LogP contribution in [0.3, 0.4) is 0 Å². The van der Waals surface area contributed by atoms with Crippen LogP contribution in [0.1, 0.15) is 49.0 Å². The molecule has 0 unspecified atom stereocenters. The zero-order chi connectivity index (χ0) is 14.8. The van der Waals surface area contributed by atoms with Crippen LogP contribution in [0.4, 0.5) is 0 Å². The number of hydrogen-bond acceptors (Lipinski definition) is 3. The summed E-state index contributed by atoms with van der Waals surface area (Å²) in [7, 11) is 0. The number of phenolic OH excluding ortho intramolecular Hbond substituents is 1. The summed E-state index contributed by atoms with van der Waals surface area (Å²) in [6.45, 7) is 6.57. The Morgan fingerprint density at radius 1 is 1.38 bits per heavy atom. The monoisotopic (exact) mass is 285 g/mol. The molecule has 2 aliphatic carbocycles. The predicted octanol–water partition coefficient (Wildman–Crippen LogP) is 2.97. The molecule has 3 nitrogen and oxygen atoms in total. The molecule has 1 aliphatic heterocycles. The van der Waals surface area contributed by atoms with Crippen LogP contribution < -0.4 is 0 Å². The SMILES string of the molecule is C[C@@H]1[C@@H]2C(=O)c3ccc(O)cc3[C@]1(C)CCN2CC1CC1. The number of carbonyl (C=O) groups excluding carboxylic acids is 1. The van der Waals surface area contributed by atoms with Crippen molar-refractivity contribution in [3.63, 3.8) is 0 Å². The number of nitrogens with zero attached hydrogens (tertiary/aromatic N) is 1. The van der Waals surface area contributed by atoms with Crippen LogP contribution in [-0.2, 0) is 5.41 Å². The van der Waals surface area contributed by atoms with E-state index in [-0.39, 0.29) is 23.0 Å². The molecule has 0 amide bonds. The highest BCUT2D eigenvalue weighted by atomic mass is 16.3. The number of hydrogen-bond donors (Lipinski definition) is 1. The van der Waals surface area contributed by atoms with Crippen LogP contribution >= 0.6 is 0 Å². The van der Waals surface area contributed by atoms with Gasteiger partial charge in [-0.25, -0.2) is 0 Å². The fourth-order valence-corrected chi connectivity index (χ4v) is 4.40. The summed E-state index contributed by atoms with van der Waals surface area (Å²) in [4.78, 5) is 15.4. The van der Waals surface area contributed by atoms with Gasteiger partial charge in [0, 0.05) is 12.1 Å². The van der Waals surface area contributed by atoms with Crippen molar-refractivity contribution in [3.05, 3.63) is 29.3 Å². The van der Waals surface area contributed by atoms with Crippen molar-refractivity contribution in [1.82, 2.24) is 4.90 Å². The molecule has 112 valence electrons. The number of ketones is 1. The van der Waals surface area contributed by atoms with Gasteiger partial charge in [-0.1, -0.05) is 13.8 Å². The maximum atomic E-state index is 13.0. The molecule has 3 heteroatoms. The van der Waals surface area contributed by atoms with Crippen molar-refractivity contribution in [2.45, 2.75) is 44.6 Å². The number of Topliss-reactive ketones (excluding diaryl/α,β-unsaturated/α-hetero) is 1. The van der Waals surface area contributed by atoms with Gasteiger partial charge in [-0.3, -0.25) is 9.69 Å². The Labute approximate surface area is 126 Å². The molecule has 2 bridgehead atoms. The topological polar surface area (TPSA) is 40.5 Å². The number of phenols is 1. The highest BCUT2D eigenvalue weighted by Gasteiger charge is 2.52. The predicted molar refractivity (Wildman–Crippen MR) is 81.7 cm³/mol. The zero-order valence-electron chi connectivity index (χ0n) is 12.8. The third-order valence-electron chi connectivity index (χ3n) is 6.13. The molecule has 0 spiro atoms. The Kier molecular flexibility index (Phi) is 2.74. The van der Waals surface area contributed by atoms with Crippen molar-refractivity contribution in [2.75, 3.05) is 13.1 Å². The van der Waals surface area contributed by atoms with Crippen molar-refractivity contribution in [1.29, 1.82) is 0 Å². The number of rotatable bonds is 2. The Hall–Kier alpha value is -1.35. The number of fused-ring (bicyclic) bond motifs is 4. The molecule has 3 atom stereocenters. The average molecular weight is 285 g/mol. The minimum atomic E-state index is 0.00665. The van der Waals surface area contributed by atoms with Crippen molar-refractivity contribution in [3.8, 4) is 5.75 Å². The van der Waals surface area contributed by atoms with Crippen LogP contribution in [0.2, 0.25) is 0 Å². The van der Waals surface area contributed by atoms with Crippen LogP contribution in [-0.4, -0.2) is 34.9 Å². The van der Waals surface area contributed by atoms with Gasteiger partial charge in [0.05, 0.1) is 6.04 Å². The summed E-state index contributed by atoms with van der Waals surface area (Å²) < 4.78 is 0. The van der Waals surface area contributed by atoms with Gasteiger partial charge in [-0.15, -0.1) is 0 Å². The third kappa shape index (κ3) is 1.87. The van der Waals surface area contributed by atoms with Gasteiger partial charge in [0.25, 0.3) is 0 Å². The van der Waals surface area contributed by atoms with Gasteiger partial charge in [-0.05, 0) is 66.8 Å². The average Bonchev–Trinajstić information content (AvgIpc) is 3.25. The van der Waals surface area contributed by atoms with Gasteiger partial charge >= 0.3 is 0 Å². The van der Waals surface area contributed by atoms with Crippen molar-refractivity contribution < 1.29 is 9.90 Å². The van der Waals surface area contributed by atoms with Gasteiger partial charge < -0.3 is 5.11 Å². The van der Waals surface area contributed by atoms with E-state index in [1.165, 1.54) is 12.8 Å². The molecule has 0 aromatic heterocycles. The molecule has 1 N–H and O–H groups in total. The zero-order valence-corrected chi connectivity index (χ0v) is 12.8. The molecule has 4 rings (SSSR count). The van der Waals surface area contributed by atoms with E-state index in [1.807, 2.05) is 12.1 Å². The van der Waals surface area contributed by atoms with Crippen LogP contribution in [0.15, 0.2) is 18.2 Å². The summed E-state index contributed by atoms with van der Waals surface area (Å²) in [5.74, 6) is 1.66. The van der Waals surface area contributed by atoms with Gasteiger partial charge in [0.2, 0.25) is 0 Å². The van der Waals surface area contributed by atoms with Gasteiger partial charge in [0.1, 0.15) is 5.75 Å². The molecule has 21 heavy (non-hydrogen) atoms. The van der Waals surface area contributed by atoms with E-state index in [9.17, 15) is 9.90 Å². The van der Waals surface area contributed by atoms with Crippen molar-refractivity contribution in [2.24, 2.45) is 11.8 Å². The number of carbonyl (C=O) groups is 1. The molecule has 3 aliphatic rings. The molecule has 1 heterocycles. The Bertz CT molecular complexity index is 607. The molecule has 2 fully saturated rings. The van der Waals surface area contributed by atoms with Crippen molar-refractivity contribution >= 4 is 5.78 Å². The van der Waals surface area contributed by atoms with E-state index in [2.05, 4.69) is 18.7 Å². The number of benzene rings is 1. The number of likely N-dealkylation sites (tertiary alicyclic amines) is 1. The maximum Gasteiger partial charge on any atom is 0.180 e. The molecule has 0 radical (unpaired) electrons. The molecule has 1 saturated carbocycles. The first-order valence-electron chi connectivity index (χ1n) is 8.12. The van der Waals surface area contributed by atoms with Crippen LogP contribution in [0.25, 0.3) is 0 Å². The highest BCUT2D eigenvalue weighted by Crippen LogP contribution is 2.49. The highest BCUT2D eigenvalue weighted by molar-refractivity contribution is 6.03. The maximum absolute atomic E-state index is 13.0. The molecule has 1 aromatic rings. The fraction of sp³-hybridized carbons (Fsp3) is 0.611. The Balaban J connectivity index is 1.79. The fourth-order valence-electron chi connectivity index (χ4n) is 4.40. The largest absolute Gasteiger partial charge is 0.508 e. The second kappa shape index (κ2) is 4.33. The minimum absolute atomic E-state index is 0.00665. The van der Waals surface area contributed by atoms with E-state index in [4.69, 9.17) is 0 Å². The normalized spacial score (nSPS) is 35.6. The first-order chi connectivity index (χ1) is 10.0. The standard InChI is InChI=1S/C18H23NO2/c1-11-16-17(21)14-6-5-13(20)9-15(14)18(11,2)7-8-19(16)10-12-3-4-12/h5-6,9,11-12,16,20H,3-4,7-8,10H2,1-2H3/t11-,16-,18-/m1/s1. The Morgan fingerprint density at radius 3 is 2.86 bits per heavy atom. The first-order valence-corrected chi connectivity index (χ1v) is 8.12. The second-order valence-electron chi connectivity index (χ2n) is 7.43. The smallest absolute Gasteiger partial charge is 0.180 e. The minimum Gasteiger partial charge on any atom is -0.508 e. The van der Waals surface area contributed by atoms with E-state index in [1.54, 1.807) is 6.07 Å². The van der Waals surface area contributed by atoms with E-state index in [0.29, 0.717) is 5.92 Å². The first kappa shape index (κ1) is 13.3. The lowest BCUT2D eigenvalue weighted by Crippen LogP contribution is -2.61. The lowest BCUT2D eigenvalue weighted by molar-refractivity contribution is 0.0265. The van der Waals surface area contributed by atoms with Crippen LogP contribution in [0, 0.1) is 11.8 Å². The van der Waals surface area contributed by atoms with Gasteiger partial charge in [-0.2, -0.15) is 0 Å². The second-order valence-corrected chi connectivity index (χ2v) is 7.43. The third-order valence-corrected chi connectivity index (χ3v) is 6.13. The summed E-state index contributed by atoms with van der Waals surface area (Å²) in [5.41, 5.74) is 1.90. The van der Waals surface area contributed by atoms with E-state index >= 15 is 0 Å². The molecular formula is C18H23NO2. The molecule has 1 saturated heterocycles. The van der Waals surface area contributed by atoms with E-state index < -0.39 is 0 Å². The summed E-state index contributed by atoms with van der Waals surface area (Å²) >= 11 is 0. The Morgan fingerprint density at radius 2 is 2.14 bits per heavy atom. The van der Waals surface area contributed by atoms with Gasteiger partial charge in [0.15, 0.2) is 5.78 Å². The number of aromatic hydroxyl groups is 1. The lowest BCUT2D eigenvalue weighted by Gasteiger charge is -2.53. The number of piperidine rings is 1. The van der Waals surface area contributed by atoms with E-state index in [0.717, 1.165) is 36.6 Å². The molecule has 1 aromatic carbocycles. The summed E-state index contributed by atoms with van der Waals surface area (Å²) in [5, 5.41) is 9.83. The summed E-state index contributed by atoms with van der Waals surface area (Å²) in [6, 6.07) is 5.32. The quantitative estimate of drug-likeness (QED) is 0.908.